The smallest absolute Gasteiger partial charge is 0.264 e. The van der Waals surface area contributed by atoms with Gasteiger partial charge in [-0.15, -0.1) is 0 Å². The highest BCUT2D eigenvalue weighted by Gasteiger charge is 2.28. The largest absolute Gasteiger partial charge is 0.298 e. The Balaban J connectivity index is 1.91. The molecule has 3 rings (SSSR count). The molecule has 2 aromatic carbocycles. The van der Waals surface area contributed by atoms with E-state index in [1.165, 1.54) is 12.1 Å². The van der Waals surface area contributed by atoms with Crippen molar-refractivity contribution in [3.63, 3.8) is 0 Å². The highest BCUT2D eigenvalue weighted by molar-refractivity contribution is 7.92. The maximum absolute atomic E-state index is 13.3. The lowest BCUT2D eigenvalue weighted by atomic mass is 10.1. The number of halogens is 1. The molecule has 0 spiro atoms. The van der Waals surface area contributed by atoms with Gasteiger partial charge in [0, 0.05) is 18.8 Å². The Morgan fingerprint density at radius 3 is 2.41 bits per heavy atom. The summed E-state index contributed by atoms with van der Waals surface area (Å²) in [5.41, 5.74) is 2.12. The molecule has 1 aromatic heterocycles. The van der Waals surface area contributed by atoms with Crippen molar-refractivity contribution >= 4 is 33.1 Å². The fraction of sp³-hybridized carbons (Fsp3) is 0.182. The number of aryl methyl sites for hydroxylation is 2. The van der Waals surface area contributed by atoms with E-state index in [0.29, 0.717) is 12.1 Å². The van der Waals surface area contributed by atoms with Crippen LogP contribution in [0, 0.1) is 6.92 Å². The molecule has 29 heavy (non-hydrogen) atoms. The number of pyridine rings is 1. The number of ketones is 1. The minimum absolute atomic E-state index is 0.111. The minimum Gasteiger partial charge on any atom is -0.298 e. The van der Waals surface area contributed by atoms with Gasteiger partial charge in [0.1, 0.15) is 0 Å². The first-order valence-corrected chi connectivity index (χ1v) is 10.9. The van der Waals surface area contributed by atoms with E-state index in [1.807, 2.05) is 19.1 Å². The Kier molecular flexibility index (Phi) is 6.67. The van der Waals surface area contributed by atoms with E-state index in [9.17, 15) is 13.2 Å². The molecule has 7 heteroatoms. The topological polar surface area (TPSA) is 67.3 Å². The Bertz CT molecular complexity index is 1090. The third-order valence-corrected chi connectivity index (χ3v) is 6.56. The molecular weight excluding hydrogens is 408 g/mol. The van der Waals surface area contributed by atoms with Crippen molar-refractivity contribution in [1.29, 1.82) is 0 Å². The maximum Gasteiger partial charge on any atom is 0.264 e. The predicted octanol–water partition coefficient (Wildman–Crippen LogP) is 4.44. The number of aromatic nitrogens is 1. The van der Waals surface area contributed by atoms with Crippen LogP contribution in [0.25, 0.3) is 0 Å². The third-order valence-electron chi connectivity index (χ3n) is 4.46. The van der Waals surface area contributed by atoms with Gasteiger partial charge in [0.2, 0.25) is 0 Å². The number of anilines is 1. The molecule has 3 aromatic rings. The molecular formula is C22H21ClN2O3S. The summed E-state index contributed by atoms with van der Waals surface area (Å²) < 4.78 is 27.7. The van der Waals surface area contributed by atoms with Gasteiger partial charge in [0.15, 0.2) is 5.78 Å². The fourth-order valence-electron chi connectivity index (χ4n) is 2.91. The quantitative estimate of drug-likeness (QED) is 0.532. The molecule has 0 aliphatic heterocycles. The van der Waals surface area contributed by atoms with E-state index in [2.05, 4.69) is 4.98 Å². The molecule has 1 heterocycles. The van der Waals surface area contributed by atoms with Gasteiger partial charge in [-0.3, -0.25) is 14.1 Å². The van der Waals surface area contributed by atoms with Crippen LogP contribution in [0.15, 0.2) is 78.0 Å². The average molecular weight is 429 g/mol. The van der Waals surface area contributed by atoms with Gasteiger partial charge in [-0.25, -0.2) is 8.42 Å². The first kappa shape index (κ1) is 21.0. The molecule has 0 amide bonds. The van der Waals surface area contributed by atoms with E-state index in [4.69, 9.17) is 11.6 Å². The lowest BCUT2D eigenvalue weighted by Gasteiger charge is -2.25. The lowest BCUT2D eigenvalue weighted by molar-refractivity contribution is -0.117. The van der Waals surface area contributed by atoms with Crippen LogP contribution < -0.4 is 4.31 Å². The summed E-state index contributed by atoms with van der Waals surface area (Å²) in [4.78, 5) is 16.8. The second kappa shape index (κ2) is 9.20. The molecule has 0 aliphatic rings. The molecule has 0 unspecified atom stereocenters. The Morgan fingerprint density at radius 2 is 1.72 bits per heavy atom. The zero-order valence-electron chi connectivity index (χ0n) is 16.0. The lowest BCUT2D eigenvalue weighted by Crippen LogP contribution is -2.36. The van der Waals surface area contributed by atoms with Crippen LogP contribution in [0.5, 0.6) is 0 Å². The summed E-state index contributed by atoms with van der Waals surface area (Å²) in [6, 6.07) is 16.8. The van der Waals surface area contributed by atoms with Gasteiger partial charge in [0.05, 0.1) is 22.2 Å². The zero-order chi connectivity index (χ0) is 20.9. The van der Waals surface area contributed by atoms with Gasteiger partial charge in [-0.05, 0) is 60.9 Å². The molecule has 0 bridgehead atoms. The van der Waals surface area contributed by atoms with Crippen molar-refractivity contribution in [2.75, 3.05) is 10.8 Å². The van der Waals surface area contributed by atoms with Crippen LogP contribution in [0.3, 0.4) is 0 Å². The van der Waals surface area contributed by atoms with Crippen LogP contribution in [0.1, 0.15) is 17.5 Å². The van der Waals surface area contributed by atoms with Crippen molar-refractivity contribution in [3.8, 4) is 0 Å². The van der Waals surface area contributed by atoms with Gasteiger partial charge >= 0.3 is 0 Å². The van der Waals surface area contributed by atoms with Gasteiger partial charge in [-0.2, -0.15) is 0 Å². The number of Topliss-reactive ketones (excluding diaryl/α,β-unsaturated/α-hetero) is 1. The predicted molar refractivity (Wildman–Crippen MR) is 115 cm³/mol. The highest BCUT2D eigenvalue weighted by atomic mass is 35.5. The van der Waals surface area contributed by atoms with Crippen LogP contribution in [-0.4, -0.2) is 25.7 Å². The number of rotatable bonds is 8. The monoisotopic (exact) mass is 428 g/mol. The second-order valence-corrected chi connectivity index (χ2v) is 8.94. The zero-order valence-corrected chi connectivity index (χ0v) is 17.5. The van der Waals surface area contributed by atoms with Crippen molar-refractivity contribution in [2.45, 2.75) is 24.7 Å². The first-order chi connectivity index (χ1) is 13.9. The van der Waals surface area contributed by atoms with Crippen molar-refractivity contribution < 1.29 is 13.2 Å². The van der Waals surface area contributed by atoms with E-state index < -0.39 is 10.0 Å². The Hall–Kier alpha value is -2.70. The molecule has 0 fully saturated rings. The molecule has 5 nitrogen and oxygen atoms in total. The SMILES string of the molecule is Cc1ccc(Cl)c(N(CC(=O)CCc2ccncc2)S(=O)(=O)c2ccccc2)c1. The number of sulfonamides is 1. The number of benzene rings is 2. The maximum atomic E-state index is 13.3. The summed E-state index contributed by atoms with van der Waals surface area (Å²) in [5.74, 6) is -0.195. The summed E-state index contributed by atoms with van der Waals surface area (Å²) >= 11 is 6.32. The minimum atomic E-state index is -3.95. The van der Waals surface area contributed by atoms with Gasteiger partial charge in [0.25, 0.3) is 10.0 Å². The number of carbonyl (C=O) groups is 1. The van der Waals surface area contributed by atoms with Crippen molar-refractivity contribution in [3.05, 3.63) is 89.2 Å². The van der Waals surface area contributed by atoms with Gasteiger partial charge < -0.3 is 0 Å². The average Bonchev–Trinajstić information content (AvgIpc) is 2.73. The normalized spacial score (nSPS) is 11.2. The van der Waals surface area contributed by atoms with Crippen LogP contribution in [-0.2, 0) is 21.2 Å². The highest BCUT2D eigenvalue weighted by Crippen LogP contribution is 2.31. The number of carbonyl (C=O) groups excluding carboxylic acids is 1. The van der Waals surface area contributed by atoms with E-state index in [0.717, 1.165) is 15.4 Å². The molecule has 0 saturated heterocycles. The first-order valence-electron chi connectivity index (χ1n) is 9.12. The fourth-order valence-corrected chi connectivity index (χ4v) is 4.65. The second-order valence-electron chi connectivity index (χ2n) is 6.67. The molecule has 0 N–H and O–H groups in total. The molecule has 0 saturated carbocycles. The standard InChI is InChI=1S/C22H21ClN2O3S/c1-17-7-10-21(23)22(15-17)25(29(27,28)20-5-3-2-4-6-20)16-19(26)9-8-18-11-13-24-14-12-18/h2-7,10-15H,8-9,16H2,1H3. The van der Waals surface area contributed by atoms with Crippen molar-refractivity contribution in [1.82, 2.24) is 4.98 Å². The van der Waals surface area contributed by atoms with Crippen LogP contribution in [0.4, 0.5) is 5.69 Å². The summed E-state index contributed by atoms with van der Waals surface area (Å²) in [7, 11) is -3.95. The molecule has 0 atom stereocenters. The third kappa shape index (κ3) is 5.22. The van der Waals surface area contributed by atoms with Crippen LogP contribution >= 0.6 is 11.6 Å². The molecule has 150 valence electrons. The Morgan fingerprint density at radius 1 is 1.03 bits per heavy atom. The number of hydrogen-bond donors (Lipinski definition) is 0. The number of hydrogen-bond acceptors (Lipinski definition) is 4. The number of nitrogens with zero attached hydrogens (tertiary/aromatic N) is 2. The summed E-state index contributed by atoms with van der Waals surface area (Å²) in [6.07, 6.45) is 4.06. The van der Waals surface area contributed by atoms with E-state index in [-0.39, 0.29) is 28.7 Å². The van der Waals surface area contributed by atoms with Crippen molar-refractivity contribution in [2.24, 2.45) is 0 Å². The van der Waals surface area contributed by atoms with E-state index in [1.54, 1.807) is 48.8 Å². The molecule has 0 radical (unpaired) electrons. The molecule has 0 aliphatic carbocycles. The Labute approximate surface area is 176 Å². The summed E-state index contributed by atoms with van der Waals surface area (Å²) in [5, 5.41) is 0.275. The van der Waals surface area contributed by atoms with E-state index >= 15 is 0 Å². The van der Waals surface area contributed by atoms with Gasteiger partial charge in [-0.1, -0.05) is 35.9 Å². The van der Waals surface area contributed by atoms with Crippen LogP contribution in [0.2, 0.25) is 5.02 Å². The summed E-state index contributed by atoms with van der Waals surface area (Å²) in [6.45, 7) is 1.56.